The van der Waals surface area contributed by atoms with Gasteiger partial charge in [-0.25, -0.2) is 0 Å². The Morgan fingerprint density at radius 2 is 1.89 bits per heavy atom. The van der Waals surface area contributed by atoms with Crippen molar-refractivity contribution in [2.75, 3.05) is 19.7 Å². The molecule has 0 aromatic heterocycles. The number of aliphatic hydroxyl groups is 1. The second-order valence-electron chi connectivity index (χ2n) is 6.55. The summed E-state index contributed by atoms with van der Waals surface area (Å²) in [6.07, 6.45) is 2.22. The van der Waals surface area contributed by atoms with Crippen LogP contribution in [0.2, 0.25) is 0 Å². The van der Waals surface area contributed by atoms with Gasteiger partial charge in [-0.15, -0.1) is 0 Å². The zero-order valence-corrected chi connectivity index (χ0v) is 11.8. The Labute approximate surface area is 110 Å². The minimum atomic E-state index is -0.0747. The molecule has 2 rings (SSSR count). The van der Waals surface area contributed by atoms with Crippen molar-refractivity contribution >= 4 is 0 Å². The molecule has 18 heavy (non-hydrogen) atoms. The lowest BCUT2D eigenvalue weighted by molar-refractivity contribution is 0.162. The second-order valence-corrected chi connectivity index (χ2v) is 6.55. The van der Waals surface area contributed by atoms with E-state index in [1.165, 1.54) is 11.1 Å². The molecule has 1 aromatic carbocycles. The normalized spacial score (nSPS) is 25.1. The lowest BCUT2D eigenvalue weighted by Crippen LogP contribution is -2.46. The average Bonchev–Trinajstić information content (AvgIpc) is 2.39. The standard InChI is InChI=1S/C16H25NO/c1-15(2,3)13-5-7-14(8-6-13)16(12-18)9-4-10-17-11-16/h5-8,17-18H,4,9-12H2,1-3H3. The number of hydrogen-bond acceptors (Lipinski definition) is 2. The van der Waals surface area contributed by atoms with Crippen LogP contribution in [0, 0.1) is 0 Å². The summed E-state index contributed by atoms with van der Waals surface area (Å²) in [7, 11) is 0. The number of nitrogens with one attached hydrogen (secondary N) is 1. The van der Waals surface area contributed by atoms with Crippen LogP contribution in [0.1, 0.15) is 44.7 Å². The summed E-state index contributed by atoms with van der Waals surface area (Å²) in [5, 5.41) is 13.2. The fraction of sp³-hybridized carbons (Fsp3) is 0.625. The van der Waals surface area contributed by atoms with Crippen molar-refractivity contribution in [1.29, 1.82) is 0 Å². The fourth-order valence-electron chi connectivity index (χ4n) is 2.76. The Kier molecular flexibility index (Phi) is 3.79. The molecule has 0 aliphatic carbocycles. The monoisotopic (exact) mass is 247 g/mol. The summed E-state index contributed by atoms with van der Waals surface area (Å²) >= 11 is 0. The predicted molar refractivity (Wildman–Crippen MR) is 76.0 cm³/mol. The van der Waals surface area contributed by atoms with Crippen LogP contribution in [-0.2, 0) is 10.8 Å². The Balaban J connectivity index is 2.27. The average molecular weight is 247 g/mol. The highest BCUT2D eigenvalue weighted by molar-refractivity contribution is 5.33. The second kappa shape index (κ2) is 5.02. The molecule has 100 valence electrons. The molecule has 1 saturated heterocycles. The molecule has 2 N–H and O–H groups in total. The number of piperidine rings is 1. The molecule has 2 nitrogen and oxygen atoms in total. The largest absolute Gasteiger partial charge is 0.395 e. The van der Waals surface area contributed by atoms with Crippen LogP contribution < -0.4 is 5.32 Å². The SMILES string of the molecule is CC(C)(C)c1ccc(C2(CO)CCCNC2)cc1. The summed E-state index contributed by atoms with van der Waals surface area (Å²) in [5.41, 5.74) is 2.73. The minimum absolute atomic E-state index is 0.0747. The zero-order valence-electron chi connectivity index (χ0n) is 11.8. The van der Waals surface area contributed by atoms with E-state index < -0.39 is 0 Å². The molecule has 1 fully saturated rings. The quantitative estimate of drug-likeness (QED) is 0.842. The first-order chi connectivity index (χ1) is 8.48. The Bertz CT molecular complexity index is 383. The first-order valence-electron chi connectivity index (χ1n) is 6.91. The van der Waals surface area contributed by atoms with Crippen LogP contribution in [0.3, 0.4) is 0 Å². The van der Waals surface area contributed by atoms with E-state index in [1.807, 2.05) is 0 Å². The van der Waals surface area contributed by atoms with Gasteiger partial charge in [0.05, 0.1) is 6.61 Å². The van der Waals surface area contributed by atoms with Crippen LogP contribution in [0.25, 0.3) is 0 Å². The van der Waals surface area contributed by atoms with Crippen LogP contribution in [0.4, 0.5) is 0 Å². The van der Waals surface area contributed by atoms with Crippen molar-refractivity contribution in [3.8, 4) is 0 Å². The highest BCUT2D eigenvalue weighted by Gasteiger charge is 2.33. The van der Waals surface area contributed by atoms with Gasteiger partial charge in [0.2, 0.25) is 0 Å². The maximum absolute atomic E-state index is 9.78. The van der Waals surface area contributed by atoms with Crippen LogP contribution in [0.5, 0.6) is 0 Å². The zero-order chi connectivity index (χ0) is 13.2. The smallest absolute Gasteiger partial charge is 0.0540 e. The lowest BCUT2D eigenvalue weighted by atomic mass is 9.74. The van der Waals surface area contributed by atoms with Gasteiger partial charge in [0.25, 0.3) is 0 Å². The van der Waals surface area contributed by atoms with Gasteiger partial charge in [-0.05, 0) is 35.9 Å². The van der Waals surface area contributed by atoms with E-state index >= 15 is 0 Å². The summed E-state index contributed by atoms with van der Waals surface area (Å²) in [6.45, 7) is 8.87. The van der Waals surface area contributed by atoms with Crippen molar-refractivity contribution in [3.05, 3.63) is 35.4 Å². The van der Waals surface area contributed by atoms with Crippen LogP contribution in [-0.4, -0.2) is 24.8 Å². The topological polar surface area (TPSA) is 32.3 Å². The van der Waals surface area contributed by atoms with E-state index in [-0.39, 0.29) is 17.4 Å². The molecule has 0 bridgehead atoms. The molecule has 1 atom stereocenters. The van der Waals surface area contributed by atoms with Gasteiger partial charge in [0.1, 0.15) is 0 Å². The maximum atomic E-state index is 9.78. The van der Waals surface area contributed by atoms with Gasteiger partial charge in [0, 0.05) is 12.0 Å². The summed E-state index contributed by atoms with van der Waals surface area (Å²) < 4.78 is 0. The lowest BCUT2D eigenvalue weighted by Gasteiger charge is -2.37. The van der Waals surface area contributed by atoms with E-state index in [9.17, 15) is 5.11 Å². The van der Waals surface area contributed by atoms with Crippen molar-refractivity contribution in [2.24, 2.45) is 0 Å². The Hall–Kier alpha value is -0.860. The van der Waals surface area contributed by atoms with Gasteiger partial charge in [-0.1, -0.05) is 45.0 Å². The number of benzene rings is 1. The molecule has 1 heterocycles. The molecule has 1 aliphatic rings. The third-order valence-electron chi connectivity index (χ3n) is 4.14. The fourth-order valence-corrected chi connectivity index (χ4v) is 2.76. The number of hydrogen-bond donors (Lipinski definition) is 2. The molecule has 0 amide bonds. The molecular formula is C16H25NO. The van der Waals surface area contributed by atoms with Crippen molar-refractivity contribution in [1.82, 2.24) is 5.32 Å². The van der Waals surface area contributed by atoms with Crippen LogP contribution >= 0.6 is 0 Å². The molecule has 0 spiro atoms. The molecular weight excluding hydrogens is 222 g/mol. The highest BCUT2D eigenvalue weighted by atomic mass is 16.3. The summed E-state index contributed by atoms with van der Waals surface area (Å²) in [4.78, 5) is 0. The highest BCUT2D eigenvalue weighted by Crippen LogP contribution is 2.32. The van der Waals surface area contributed by atoms with Gasteiger partial charge in [0.15, 0.2) is 0 Å². The first kappa shape index (κ1) is 13.6. The van der Waals surface area contributed by atoms with E-state index in [1.54, 1.807) is 0 Å². The van der Waals surface area contributed by atoms with Crippen molar-refractivity contribution < 1.29 is 5.11 Å². The van der Waals surface area contributed by atoms with Gasteiger partial charge in [-0.2, -0.15) is 0 Å². The molecule has 1 aliphatic heterocycles. The molecule has 1 aromatic rings. The van der Waals surface area contributed by atoms with Gasteiger partial charge in [-0.3, -0.25) is 0 Å². The van der Waals surface area contributed by atoms with E-state index in [0.29, 0.717) is 0 Å². The summed E-state index contributed by atoms with van der Waals surface area (Å²) in [5.74, 6) is 0. The predicted octanol–water partition coefficient (Wildman–Crippen LogP) is 2.60. The minimum Gasteiger partial charge on any atom is -0.395 e. The van der Waals surface area contributed by atoms with Crippen molar-refractivity contribution in [3.63, 3.8) is 0 Å². The number of rotatable bonds is 2. The number of aliphatic hydroxyl groups excluding tert-OH is 1. The molecule has 0 saturated carbocycles. The van der Waals surface area contributed by atoms with Crippen LogP contribution in [0.15, 0.2) is 24.3 Å². The molecule has 0 radical (unpaired) electrons. The molecule has 2 heteroatoms. The Morgan fingerprint density at radius 3 is 2.33 bits per heavy atom. The third kappa shape index (κ3) is 2.60. The van der Waals surface area contributed by atoms with Crippen molar-refractivity contribution in [2.45, 2.75) is 44.4 Å². The van der Waals surface area contributed by atoms with Gasteiger partial charge >= 0.3 is 0 Å². The third-order valence-corrected chi connectivity index (χ3v) is 4.14. The Morgan fingerprint density at radius 1 is 1.22 bits per heavy atom. The van der Waals surface area contributed by atoms with E-state index in [0.717, 1.165) is 25.9 Å². The summed E-state index contributed by atoms with van der Waals surface area (Å²) in [6, 6.07) is 8.82. The van der Waals surface area contributed by atoms with Gasteiger partial charge < -0.3 is 10.4 Å². The molecule has 1 unspecified atom stereocenters. The van der Waals surface area contributed by atoms with E-state index in [2.05, 4.69) is 50.4 Å². The first-order valence-corrected chi connectivity index (χ1v) is 6.91. The van der Waals surface area contributed by atoms with E-state index in [4.69, 9.17) is 0 Å². The maximum Gasteiger partial charge on any atom is 0.0540 e.